The number of carboxylic acids is 2. The minimum Gasteiger partial charge on any atom is -0.481 e. The third-order valence-corrected chi connectivity index (χ3v) is 13.8. The van der Waals surface area contributed by atoms with Crippen LogP contribution in [0.5, 0.6) is 11.5 Å². The summed E-state index contributed by atoms with van der Waals surface area (Å²) in [5.74, 6) is -0.548. The molecule has 9 rings (SSSR count). The fraction of sp³-hybridized carbons (Fsp3) is 0.382. The van der Waals surface area contributed by atoms with Crippen molar-refractivity contribution in [2.45, 2.75) is 98.3 Å². The van der Waals surface area contributed by atoms with Crippen LogP contribution in [0.3, 0.4) is 0 Å². The first-order chi connectivity index (χ1) is 36.3. The van der Waals surface area contributed by atoms with E-state index in [0.717, 1.165) is 90.1 Å². The highest BCUT2D eigenvalue weighted by atomic mass is 79.9. The molecule has 0 aliphatic carbocycles. The number of hydrogen-bond donors (Lipinski definition) is 4. The van der Waals surface area contributed by atoms with E-state index in [2.05, 4.69) is 77.9 Å². The van der Waals surface area contributed by atoms with E-state index in [1.54, 1.807) is 49.1 Å². The Morgan fingerprint density at radius 3 is 1.34 bits per heavy atom. The molecule has 22 heteroatoms. The van der Waals surface area contributed by atoms with E-state index in [1.807, 2.05) is 64.1 Å². The van der Waals surface area contributed by atoms with Gasteiger partial charge in [0, 0.05) is 54.8 Å². The Kier molecular flexibility index (Phi) is 21.3. The molecule has 3 fully saturated rings. The van der Waals surface area contributed by atoms with E-state index in [4.69, 9.17) is 19.5 Å². The van der Waals surface area contributed by atoms with Crippen LogP contribution in [0.1, 0.15) is 71.9 Å². The van der Waals surface area contributed by atoms with Gasteiger partial charge in [-0.25, -0.2) is 19.9 Å². The molecule has 77 heavy (non-hydrogen) atoms. The van der Waals surface area contributed by atoms with Crippen LogP contribution in [-0.4, -0.2) is 110 Å². The maximum atomic E-state index is 12.3. The van der Waals surface area contributed by atoms with Crippen LogP contribution >= 0.6 is 15.9 Å². The lowest BCUT2D eigenvalue weighted by molar-refractivity contribution is -0.144. The zero-order valence-electron chi connectivity index (χ0n) is 42.4. The SMILES string of the molecule is C.CC1(C)OB(c2ccc(OC(F)F)cc2)OC1(C)C.O=C(O)C1CCN(Cc2ccc(Nc3ncc(-c4ccc(OC(F)F)cc4)cn3)cc2)CC1.O=C(O)C1CCN(Cc2ccc(Nc3ncc(Br)cn3)cc2)CC1. The van der Waals surface area contributed by atoms with Gasteiger partial charge in [0.15, 0.2) is 0 Å². The zero-order valence-corrected chi connectivity index (χ0v) is 44.0. The summed E-state index contributed by atoms with van der Waals surface area (Å²) in [7, 11) is -0.495. The molecule has 0 atom stereocenters. The van der Waals surface area contributed by atoms with Crippen molar-refractivity contribution < 1.29 is 56.1 Å². The van der Waals surface area contributed by atoms with Crippen molar-refractivity contribution in [3.63, 3.8) is 0 Å². The van der Waals surface area contributed by atoms with Crippen molar-refractivity contribution in [3.8, 4) is 22.6 Å². The van der Waals surface area contributed by atoms with Crippen LogP contribution in [0.4, 0.5) is 40.8 Å². The molecule has 0 spiro atoms. The second kappa shape index (κ2) is 27.6. The zero-order chi connectivity index (χ0) is 54.4. The number of piperidine rings is 2. The molecule has 2 aromatic heterocycles. The summed E-state index contributed by atoms with van der Waals surface area (Å²) >= 11 is 3.31. The lowest BCUT2D eigenvalue weighted by atomic mass is 9.79. The first-order valence-corrected chi connectivity index (χ1v) is 25.4. The number of rotatable bonds is 16. The molecular formula is C55H64BBrF4N8O8. The number of aromatic nitrogens is 4. The van der Waals surface area contributed by atoms with Crippen molar-refractivity contribution in [2.75, 3.05) is 36.8 Å². The maximum absolute atomic E-state index is 12.3. The Hall–Kier alpha value is -6.72. The average Bonchev–Trinajstić information content (AvgIpc) is 3.62. The Balaban J connectivity index is 0.000000194. The number of alkyl halides is 4. The molecule has 5 heterocycles. The van der Waals surface area contributed by atoms with Crippen molar-refractivity contribution in [1.29, 1.82) is 0 Å². The molecule has 3 saturated heterocycles. The number of benzene rings is 4. The van der Waals surface area contributed by atoms with E-state index < -0.39 is 43.5 Å². The van der Waals surface area contributed by atoms with Crippen molar-refractivity contribution >= 4 is 63.7 Å². The van der Waals surface area contributed by atoms with Crippen LogP contribution in [0, 0.1) is 11.8 Å². The van der Waals surface area contributed by atoms with E-state index in [9.17, 15) is 27.2 Å². The number of carboxylic acid groups (broad SMARTS) is 2. The number of nitrogens with one attached hydrogen (secondary N) is 2. The van der Waals surface area contributed by atoms with Crippen LogP contribution in [-0.2, 0) is 32.0 Å². The summed E-state index contributed by atoms with van der Waals surface area (Å²) < 4.78 is 69.8. The van der Waals surface area contributed by atoms with Crippen LogP contribution in [0.2, 0.25) is 0 Å². The number of likely N-dealkylation sites (tertiary alicyclic amines) is 2. The fourth-order valence-corrected chi connectivity index (χ4v) is 8.58. The number of nitrogens with zero attached hydrogens (tertiary/aromatic N) is 6. The lowest BCUT2D eigenvalue weighted by Gasteiger charge is -2.32. The summed E-state index contributed by atoms with van der Waals surface area (Å²) in [6, 6.07) is 28.7. The third-order valence-electron chi connectivity index (χ3n) is 13.4. The Labute approximate surface area is 454 Å². The van der Waals surface area contributed by atoms with Gasteiger partial charge in [0.1, 0.15) is 11.5 Å². The summed E-state index contributed by atoms with van der Waals surface area (Å²) in [4.78, 5) is 43.7. The molecule has 0 bridgehead atoms. The number of carbonyl (C=O) groups is 2. The van der Waals surface area contributed by atoms with Crippen LogP contribution in [0.25, 0.3) is 11.1 Å². The average molecular weight is 1130 g/mol. The minimum atomic E-state index is -2.85. The number of aliphatic carboxylic acids is 2. The van der Waals surface area contributed by atoms with Crippen molar-refractivity contribution in [3.05, 3.63) is 137 Å². The van der Waals surface area contributed by atoms with E-state index >= 15 is 0 Å². The van der Waals surface area contributed by atoms with E-state index in [1.165, 1.54) is 29.8 Å². The molecule has 0 unspecified atom stereocenters. The van der Waals surface area contributed by atoms with Gasteiger partial charge in [-0.05, 0) is 166 Å². The predicted octanol–water partition coefficient (Wildman–Crippen LogP) is 11.3. The Morgan fingerprint density at radius 1 is 0.610 bits per heavy atom. The highest BCUT2D eigenvalue weighted by Crippen LogP contribution is 2.37. The van der Waals surface area contributed by atoms with Gasteiger partial charge in [-0.3, -0.25) is 19.4 Å². The van der Waals surface area contributed by atoms with Gasteiger partial charge in [0.2, 0.25) is 11.9 Å². The van der Waals surface area contributed by atoms with Crippen LogP contribution < -0.4 is 25.6 Å². The number of halogens is 5. The monoisotopic (exact) mass is 1130 g/mol. The van der Waals surface area contributed by atoms with E-state index in [0.29, 0.717) is 24.7 Å². The molecule has 3 aliphatic rings. The van der Waals surface area contributed by atoms with Gasteiger partial charge >= 0.3 is 32.3 Å². The number of anilines is 4. The standard InChI is InChI=1S/C24H24F2N4O3.C17H19BrN4O2.C13H17BF2O3.CH4/c25-23(26)33-21-7-3-17(4-8-21)19-13-27-24(28-14-19)29-20-5-1-16(2-6-20)15-30-11-9-18(10-12-30)22(31)32;18-14-9-19-17(20-10-14)21-15-3-1-12(2-4-15)11-22-7-5-13(6-8-22)16(23)24;1-12(2)13(3,4)19-14(18-12)9-5-7-10(8-6-9)17-11(15)16;/h1-8,13-14,18,23H,9-12,15H2,(H,31,32)(H,27,28,29);1-4,9-10,13H,5-8,11H2,(H,23,24)(H,19,20,21);5-8,11H,1-4H3;1H4. The third kappa shape index (κ3) is 17.9. The van der Waals surface area contributed by atoms with Gasteiger partial charge < -0.3 is 39.6 Å². The van der Waals surface area contributed by atoms with Gasteiger partial charge in [-0.15, -0.1) is 0 Å². The largest absolute Gasteiger partial charge is 0.494 e. The predicted molar refractivity (Wildman–Crippen MR) is 290 cm³/mol. The molecule has 16 nitrogen and oxygen atoms in total. The van der Waals surface area contributed by atoms with Gasteiger partial charge in [-0.1, -0.05) is 56.0 Å². The first kappa shape index (κ1) is 59.5. The summed E-state index contributed by atoms with van der Waals surface area (Å²) in [6.07, 6.45) is 9.56. The molecule has 0 amide bonds. The fourth-order valence-electron chi connectivity index (χ4n) is 8.37. The molecule has 4 N–H and O–H groups in total. The summed E-state index contributed by atoms with van der Waals surface area (Å²) in [5.41, 5.74) is 5.64. The highest BCUT2D eigenvalue weighted by Gasteiger charge is 2.51. The second-order valence-electron chi connectivity index (χ2n) is 19.4. The smallest absolute Gasteiger partial charge is 0.481 e. The molecule has 0 radical (unpaired) electrons. The van der Waals surface area contributed by atoms with Gasteiger partial charge in [0.05, 0.1) is 27.5 Å². The van der Waals surface area contributed by atoms with Crippen LogP contribution in [0.15, 0.2) is 126 Å². The minimum absolute atomic E-state index is 0. The highest BCUT2D eigenvalue weighted by molar-refractivity contribution is 9.10. The number of hydrogen-bond acceptors (Lipinski definition) is 14. The topological polar surface area (TPSA) is 194 Å². The normalized spacial score (nSPS) is 16.5. The molecule has 3 aliphatic heterocycles. The molecule has 4 aromatic carbocycles. The summed E-state index contributed by atoms with van der Waals surface area (Å²) in [6.45, 7) is 7.06. The van der Waals surface area contributed by atoms with E-state index in [-0.39, 0.29) is 30.8 Å². The Bertz CT molecular complexity index is 2760. The van der Waals surface area contributed by atoms with Crippen molar-refractivity contribution in [1.82, 2.24) is 29.7 Å². The van der Waals surface area contributed by atoms with Crippen molar-refractivity contribution in [2.24, 2.45) is 11.8 Å². The lowest BCUT2D eigenvalue weighted by Crippen LogP contribution is -2.41. The quantitative estimate of drug-likeness (QED) is 0.0528. The molecule has 0 saturated carbocycles. The first-order valence-electron chi connectivity index (χ1n) is 24.6. The molecule has 410 valence electrons. The molecular weight excluding hydrogens is 1070 g/mol. The molecule has 6 aromatic rings. The second-order valence-corrected chi connectivity index (χ2v) is 20.3. The summed E-state index contributed by atoms with van der Waals surface area (Å²) in [5, 5.41) is 24.5. The Morgan fingerprint density at radius 2 is 0.974 bits per heavy atom. The van der Waals surface area contributed by atoms with Gasteiger partial charge in [0.25, 0.3) is 0 Å². The number of ether oxygens (including phenoxy) is 2. The maximum Gasteiger partial charge on any atom is 0.494 e. The van der Waals surface area contributed by atoms with Gasteiger partial charge in [-0.2, -0.15) is 17.6 Å².